The Labute approximate surface area is 92.5 Å². The van der Waals surface area contributed by atoms with Crippen LogP contribution in [0.25, 0.3) is 0 Å². The van der Waals surface area contributed by atoms with Crippen LogP contribution in [0.1, 0.15) is 32.1 Å². The Kier molecular flexibility index (Phi) is 5.40. The van der Waals surface area contributed by atoms with Gasteiger partial charge in [-0.05, 0) is 32.2 Å². The van der Waals surface area contributed by atoms with Crippen LogP contribution in [0.3, 0.4) is 0 Å². The number of carbonyl (C=O) groups excluding carboxylic acids is 1. The van der Waals surface area contributed by atoms with Gasteiger partial charge in [0.2, 0.25) is 5.91 Å². The van der Waals surface area contributed by atoms with Crippen molar-refractivity contribution < 1.29 is 4.79 Å². The smallest absolute Gasteiger partial charge is 0.222 e. The summed E-state index contributed by atoms with van der Waals surface area (Å²) >= 11 is 0. The summed E-state index contributed by atoms with van der Waals surface area (Å²) in [6, 6.07) is 0.629. The maximum absolute atomic E-state index is 11.3. The Hall–Kier alpha value is -0.830. The molecular formula is C12H22N2O. The predicted molar refractivity (Wildman–Crippen MR) is 62.7 cm³/mol. The van der Waals surface area contributed by atoms with E-state index >= 15 is 0 Å². The molecule has 3 nitrogen and oxygen atoms in total. The second kappa shape index (κ2) is 6.62. The van der Waals surface area contributed by atoms with E-state index in [-0.39, 0.29) is 5.91 Å². The molecular weight excluding hydrogens is 188 g/mol. The minimum atomic E-state index is 0.223. The van der Waals surface area contributed by atoms with E-state index in [0.29, 0.717) is 12.5 Å². The van der Waals surface area contributed by atoms with Gasteiger partial charge in [0.25, 0.3) is 0 Å². The lowest BCUT2D eigenvalue weighted by molar-refractivity contribution is -0.128. The average Bonchev–Trinajstić information content (AvgIpc) is 2.25. The number of nitrogens with zero attached hydrogens (tertiary/aromatic N) is 1. The lowest BCUT2D eigenvalue weighted by Crippen LogP contribution is -2.31. The number of allylic oxidation sites excluding steroid dienone is 1. The van der Waals surface area contributed by atoms with Gasteiger partial charge in [-0.3, -0.25) is 4.79 Å². The second-order valence-electron chi connectivity index (χ2n) is 4.33. The van der Waals surface area contributed by atoms with Crippen molar-refractivity contribution in [2.75, 3.05) is 20.6 Å². The van der Waals surface area contributed by atoms with Crippen molar-refractivity contribution in [3.05, 3.63) is 12.2 Å². The molecule has 15 heavy (non-hydrogen) atoms. The van der Waals surface area contributed by atoms with E-state index in [0.717, 1.165) is 19.4 Å². The van der Waals surface area contributed by atoms with Crippen molar-refractivity contribution in [3.8, 4) is 0 Å². The molecule has 0 saturated heterocycles. The number of rotatable bonds is 5. The first-order chi connectivity index (χ1) is 7.20. The third-order valence-corrected chi connectivity index (χ3v) is 2.77. The van der Waals surface area contributed by atoms with E-state index in [2.05, 4.69) is 17.5 Å². The highest BCUT2D eigenvalue weighted by Gasteiger charge is 2.08. The van der Waals surface area contributed by atoms with Gasteiger partial charge in [0.1, 0.15) is 0 Å². The van der Waals surface area contributed by atoms with E-state index in [1.807, 2.05) is 14.1 Å². The fourth-order valence-electron chi connectivity index (χ4n) is 1.75. The summed E-state index contributed by atoms with van der Waals surface area (Å²) in [5.74, 6) is 0.223. The molecule has 1 amide bonds. The van der Waals surface area contributed by atoms with Gasteiger partial charge in [0.15, 0.2) is 0 Å². The molecule has 0 aliphatic heterocycles. The molecule has 1 N–H and O–H groups in total. The predicted octanol–water partition coefficient (Wildman–Crippen LogP) is 1.55. The van der Waals surface area contributed by atoms with Crippen molar-refractivity contribution in [1.82, 2.24) is 10.2 Å². The highest BCUT2D eigenvalue weighted by atomic mass is 16.2. The van der Waals surface area contributed by atoms with Gasteiger partial charge in [-0.1, -0.05) is 12.2 Å². The number of hydrogen-bond donors (Lipinski definition) is 1. The zero-order valence-electron chi connectivity index (χ0n) is 9.83. The summed E-state index contributed by atoms with van der Waals surface area (Å²) < 4.78 is 0. The van der Waals surface area contributed by atoms with Gasteiger partial charge in [0, 0.05) is 26.6 Å². The zero-order valence-corrected chi connectivity index (χ0v) is 9.83. The Bertz CT molecular complexity index is 224. The molecule has 1 atom stereocenters. The summed E-state index contributed by atoms with van der Waals surface area (Å²) in [5.41, 5.74) is 0. The lowest BCUT2D eigenvalue weighted by atomic mass is 10.0. The number of hydrogen-bond acceptors (Lipinski definition) is 2. The number of amides is 1. The monoisotopic (exact) mass is 210 g/mol. The molecule has 3 heteroatoms. The van der Waals surface area contributed by atoms with Gasteiger partial charge in [0.05, 0.1) is 0 Å². The Morgan fingerprint density at radius 3 is 2.87 bits per heavy atom. The lowest BCUT2D eigenvalue weighted by Gasteiger charge is -2.19. The summed E-state index contributed by atoms with van der Waals surface area (Å²) in [4.78, 5) is 12.9. The fraction of sp³-hybridized carbons (Fsp3) is 0.750. The van der Waals surface area contributed by atoms with Crippen LogP contribution >= 0.6 is 0 Å². The van der Waals surface area contributed by atoms with E-state index in [1.54, 1.807) is 4.90 Å². The molecule has 0 aromatic rings. The summed E-state index contributed by atoms with van der Waals surface area (Å²) in [6.07, 6.45) is 9.65. The van der Waals surface area contributed by atoms with Gasteiger partial charge >= 0.3 is 0 Å². The molecule has 0 spiro atoms. The van der Waals surface area contributed by atoms with Gasteiger partial charge in [-0.2, -0.15) is 0 Å². The normalized spacial score (nSPS) is 20.3. The molecule has 1 aliphatic rings. The van der Waals surface area contributed by atoms with Crippen LogP contribution in [-0.4, -0.2) is 37.5 Å². The molecule has 1 rings (SSSR count). The Morgan fingerprint density at radius 2 is 2.27 bits per heavy atom. The molecule has 0 aromatic heterocycles. The summed E-state index contributed by atoms with van der Waals surface area (Å²) in [6.45, 7) is 0.956. The summed E-state index contributed by atoms with van der Waals surface area (Å²) in [7, 11) is 3.61. The Morgan fingerprint density at radius 1 is 1.47 bits per heavy atom. The van der Waals surface area contributed by atoms with Crippen LogP contribution in [0.15, 0.2) is 12.2 Å². The zero-order chi connectivity index (χ0) is 11.1. The molecule has 0 fully saturated rings. The van der Waals surface area contributed by atoms with Crippen LogP contribution in [0.4, 0.5) is 0 Å². The minimum Gasteiger partial charge on any atom is -0.349 e. The fourth-order valence-corrected chi connectivity index (χ4v) is 1.75. The van der Waals surface area contributed by atoms with Crippen LogP contribution < -0.4 is 5.32 Å². The first-order valence-electron chi connectivity index (χ1n) is 5.78. The van der Waals surface area contributed by atoms with Gasteiger partial charge < -0.3 is 10.2 Å². The Balaban J connectivity index is 2.01. The van der Waals surface area contributed by atoms with Gasteiger partial charge in [-0.15, -0.1) is 0 Å². The molecule has 0 aromatic carbocycles. The minimum absolute atomic E-state index is 0.223. The van der Waals surface area contributed by atoms with Crippen molar-refractivity contribution >= 4 is 5.91 Å². The maximum Gasteiger partial charge on any atom is 0.222 e. The number of nitrogens with one attached hydrogen (secondary N) is 1. The average molecular weight is 210 g/mol. The molecule has 0 radical (unpaired) electrons. The van der Waals surface area contributed by atoms with Crippen LogP contribution in [0.2, 0.25) is 0 Å². The third-order valence-electron chi connectivity index (χ3n) is 2.77. The molecule has 86 valence electrons. The second-order valence-corrected chi connectivity index (χ2v) is 4.33. The first-order valence-corrected chi connectivity index (χ1v) is 5.78. The molecule has 1 aliphatic carbocycles. The largest absolute Gasteiger partial charge is 0.349 e. The molecule has 0 saturated carbocycles. The maximum atomic E-state index is 11.3. The SMILES string of the molecule is CN(C)C(=O)CCCNC1CC=CCC1. The highest BCUT2D eigenvalue weighted by molar-refractivity contribution is 5.75. The molecule has 1 unspecified atom stereocenters. The molecule has 0 heterocycles. The van der Waals surface area contributed by atoms with Crippen molar-refractivity contribution in [1.29, 1.82) is 0 Å². The first kappa shape index (κ1) is 12.2. The third kappa shape index (κ3) is 4.98. The quantitative estimate of drug-likeness (QED) is 0.551. The highest BCUT2D eigenvalue weighted by Crippen LogP contribution is 2.10. The van der Waals surface area contributed by atoms with E-state index in [1.165, 1.54) is 12.8 Å². The van der Waals surface area contributed by atoms with Crippen LogP contribution in [0.5, 0.6) is 0 Å². The van der Waals surface area contributed by atoms with Crippen molar-refractivity contribution in [3.63, 3.8) is 0 Å². The number of carbonyl (C=O) groups is 1. The van der Waals surface area contributed by atoms with Crippen molar-refractivity contribution in [2.45, 2.75) is 38.1 Å². The molecule has 0 bridgehead atoms. The van der Waals surface area contributed by atoms with E-state index in [4.69, 9.17) is 0 Å². The van der Waals surface area contributed by atoms with Crippen LogP contribution in [-0.2, 0) is 4.79 Å². The standard InChI is InChI=1S/C12H22N2O/c1-14(2)12(15)9-6-10-13-11-7-4-3-5-8-11/h3-4,11,13H,5-10H2,1-2H3. The van der Waals surface area contributed by atoms with Gasteiger partial charge in [-0.25, -0.2) is 0 Å². The van der Waals surface area contributed by atoms with E-state index in [9.17, 15) is 4.79 Å². The topological polar surface area (TPSA) is 32.3 Å². The van der Waals surface area contributed by atoms with Crippen molar-refractivity contribution in [2.24, 2.45) is 0 Å². The summed E-state index contributed by atoms with van der Waals surface area (Å²) in [5, 5.41) is 3.49. The van der Waals surface area contributed by atoms with E-state index < -0.39 is 0 Å². The van der Waals surface area contributed by atoms with Crippen LogP contribution in [0, 0.1) is 0 Å².